The third kappa shape index (κ3) is 4.45. The average molecular weight is 422 g/mol. The lowest BCUT2D eigenvalue weighted by Gasteiger charge is -2.10. The van der Waals surface area contributed by atoms with E-state index in [4.69, 9.17) is 9.15 Å². The molecule has 31 heavy (non-hydrogen) atoms. The van der Waals surface area contributed by atoms with Crippen LogP contribution in [-0.4, -0.2) is 23.3 Å². The second-order valence-corrected chi connectivity index (χ2v) is 7.21. The van der Waals surface area contributed by atoms with Gasteiger partial charge >= 0.3 is 11.6 Å². The summed E-state index contributed by atoms with van der Waals surface area (Å²) in [7, 11) is 0. The van der Waals surface area contributed by atoms with E-state index < -0.39 is 29.0 Å². The molecular formula is C22H18N2O7. The summed E-state index contributed by atoms with van der Waals surface area (Å²) in [6, 6.07) is 10.3. The largest absolute Gasteiger partial charge is 0.459 e. The van der Waals surface area contributed by atoms with Crippen molar-refractivity contribution < 1.29 is 23.7 Å². The Morgan fingerprint density at radius 2 is 1.90 bits per heavy atom. The van der Waals surface area contributed by atoms with Gasteiger partial charge in [0.15, 0.2) is 0 Å². The molecule has 2 aromatic carbocycles. The third-order valence-corrected chi connectivity index (χ3v) is 5.14. The lowest BCUT2D eigenvalue weighted by atomic mass is 10.0. The zero-order chi connectivity index (χ0) is 22.0. The number of nitrogens with one attached hydrogen (secondary N) is 1. The molecule has 9 nitrogen and oxygen atoms in total. The molecule has 0 unspecified atom stereocenters. The second-order valence-electron chi connectivity index (χ2n) is 7.21. The first kappa shape index (κ1) is 20.3. The quantitative estimate of drug-likeness (QED) is 0.280. The molecular weight excluding hydrogens is 404 g/mol. The molecule has 1 heterocycles. The van der Waals surface area contributed by atoms with Crippen LogP contribution in [0.5, 0.6) is 0 Å². The fourth-order valence-corrected chi connectivity index (χ4v) is 3.64. The zero-order valence-corrected chi connectivity index (χ0v) is 16.4. The van der Waals surface area contributed by atoms with E-state index >= 15 is 0 Å². The standard InChI is InChI=1S/C22H18N2O7/c25-20-10-16(18-8-13-3-1-4-14(13)9-19(18)31-20)12-30-21(26)11-23-22(27)15-5-2-6-17(7-15)24(28)29/h2,5-10H,1,3-4,11-12H2,(H,23,27). The van der Waals surface area contributed by atoms with Crippen LogP contribution in [0.3, 0.4) is 0 Å². The number of amides is 1. The number of aryl methyl sites for hydroxylation is 2. The number of benzene rings is 2. The maximum Gasteiger partial charge on any atom is 0.336 e. The summed E-state index contributed by atoms with van der Waals surface area (Å²) in [5.74, 6) is -1.34. The lowest BCUT2D eigenvalue weighted by molar-refractivity contribution is -0.384. The predicted molar refractivity (Wildman–Crippen MR) is 110 cm³/mol. The molecule has 0 radical (unpaired) electrons. The van der Waals surface area contributed by atoms with E-state index in [0.717, 1.165) is 30.9 Å². The van der Waals surface area contributed by atoms with Gasteiger partial charge in [0.2, 0.25) is 0 Å². The summed E-state index contributed by atoms with van der Waals surface area (Å²) in [6.45, 7) is -0.567. The van der Waals surface area contributed by atoms with E-state index in [0.29, 0.717) is 16.5 Å². The molecule has 9 heteroatoms. The monoisotopic (exact) mass is 422 g/mol. The van der Waals surface area contributed by atoms with Crippen molar-refractivity contribution in [1.82, 2.24) is 5.32 Å². The number of esters is 1. The summed E-state index contributed by atoms with van der Waals surface area (Å²) >= 11 is 0. The Morgan fingerprint density at radius 3 is 2.68 bits per heavy atom. The number of hydrogen-bond acceptors (Lipinski definition) is 7. The van der Waals surface area contributed by atoms with Gasteiger partial charge in [0.25, 0.3) is 11.6 Å². The summed E-state index contributed by atoms with van der Waals surface area (Å²) in [5, 5.41) is 13.9. The molecule has 1 amide bonds. The zero-order valence-electron chi connectivity index (χ0n) is 16.4. The van der Waals surface area contributed by atoms with Crippen molar-refractivity contribution in [2.24, 2.45) is 0 Å². The van der Waals surface area contributed by atoms with E-state index in [9.17, 15) is 24.5 Å². The smallest absolute Gasteiger partial charge is 0.336 e. The van der Waals surface area contributed by atoms with Gasteiger partial charge in [-0.1, -0.05) is 6.07 Å². The Morgan fingerprint density at radius 1 is 1.13 bits per heavy atom. The van der Waals surface area contributed by atoms with E-state index in [1.165, 1.54) is 29.8 Å². The second kappa shape index (κ2) is 8.39. The van der Waals surface area contributed by atoms with E-state index in [1.54, 1.807) is 0 Å². The predicted octanol–water partition coefficient (Wildman–Crippen LogP) is 2.66. The maximum atomic E-state index is 12.1. The number of non-ortho nitro benzene ring substituents is 1. The number of nitro benzene ring substituents is 1. The Balaban J connectivity index is 1.40. The van der Waals surface area contributed by atoms with E-state index in [2.05, 4.69) is 5.32 Å². The Hall–Kier alpha value is -4.01. The number of fused-ring (bicyclic) bond motifs is 2. The van der Waals surface area contributed by atoms with Gasteiger partial charge in [0.1, 0.15) is 18.7 Å². The fourth-order valence-electron chi connectivity index (χ4n) is 3.64. The van der Waals surface area contributed by atoms with Crippen LogP contribution in [0.15, 0.2) is 51.7 Å². The number of nitrogens with zero attached hydrogens (tertiary/aromatic N) is 1. The van der Waals surface area contributed by atoms with Crippen LogP contribution in [0.4, 0.5) is 5.69 Å². The average Bonchev–Trinajstić information content (AvgIpc) is 3.21. The maximum absolute atomic E-state index is 12.1. The van der Waals surface area contributed by atoms with E-state index in [-0.39, 0.29) is 17.9 Å². The highest BCUT2D eigenvalue weighted by molar-refractivity contribution is 5.96. The third-order valence-electron chi connectivity index (χ3n) is 5.14. The minimum absolute atomic E-state index is 0.0579. The molecule has 3 aromatic rings. The van der Waals surface area contributed by atoms with Crippen LogP contribution < -0.4 is 10.9 Å². The highest BCUT2D eigenvalue weighted by Crippen LogP contribution is 2.28. The van der Waals surface area contributed by atoms with Gasteiger partial charge in [0, 0.05) is 34.7 Å². The van der Waals surface area contributed by atoms with Crippen molar-refractivity contribution >= 4 is 28.5 Å². The number of hydrogen-bond donors (Lipinski definition) is 1. The normalized spacial score (nSPS) is 12.4. The molecule has 0 saturated carbocycles. The molecule has 1 aliphatic carbocycles. The molecule has 0 saturated heterocycles. The first-order valence-corrected chi connectivity index (χ1v) is 9.67. The topological polar surface area (TPSA) is 129 Å². The molecule has 1 aromatic heterocycles. The van der Waals surface area contributed by atoms with Crippen molar-refractivity contribution in [2.45, 2.75) is 25.9 Å². The van der Waals surface area contributed by atoms with Crippen LogP contribution in [-0.2, 0) is 29.0 Å². The SMILES string of the molecule is O=C(CNC(=O)c1cccc([N+](=O)[O-])c1)OCc1cc(=O)oc2cc3c(cc12)CCC3. The Kier molecular flexibility index (Phi) is 5.48. The van der Waals surface area contributed by atoms with Crippen molar-refractivity contribution in [2.75, 3.05) is 6.54 Å². The first-order chi connectivity index (χ1) is 14.9. The first-order valence-electron chi connectivity index (χ1n) is 9.67. The van der Waals surface area contributed by atoms with Crippen molar-refractivity contribution in [1.29, 1.82) is 0 Å². The minimum atomic E-state index is -0.707. The molecule has 0 fully saturated rings. The van der Waals surface area contributed by atoms with Crippen molar-refractivity contribution in [3.8, 4) is 0 Å². The molecule has 158 valence electrons. The highest BCUT2D eigenvalue weighted by atomic mass is 16.6. The van der Waals surface area contributed by atoms with Gasteiger partial charge in [-0.15, -0.1) is 0 Å². The number of ether oxygens (including phenoxy) is 1. The van der Waals surface area contributed by atoms with Crippen LogP contribution in [0.25, 0.3) is 11.0 Å². The van der Waals surface area contributed by atoms with Gasteiger partial charge in [-0.3, -0.25) is 19.7 Å². The van der Waals surface area contributed by atoms with Gasteiger partial charge in [-0.05, 0) is 48.6 Å². The number of rotatable bonds is 6. The van der Waals surface area contributed by atoms with Gasteiger partial charge < -0.3 is 14.5 Å². The molecule has 0 aliphatic heterocycles. The minimum Gasteiger partial charge on any atom is -0.459 e. The summed E-state index contributed by atoms with van der Waals surface area (Å²) < 4.78 is 10.5. The van der Waals surface area contributed by atoms with Crippen LogP contribution in [0, 0.1) is 10.1 Å². The Labute approximate surface area is 175 Å². The fraction of sp³-hybridized carbons (Fsp3) is 0.227. The lowest BCUT2D eigenvalue weighted by Crippen LogP contribution is -2.30. The molecule has 1 aliphatic rings. The van der Waals surface area contributed by atoms with Gasteiger partial charge in [-0.25, -0.2) is 4.79 Å². The summed E-state index contributed by atoms with van der Waals surface area (Å²) in [6.07, 6.45) is 2.94. The molecule has 0 spiro atoms. The van der Waals surface area contributed by atoms with E-state index in [1.807, 2.05) is 12.1 Å². The summed E-state index contributed by atoms with van der Waals surface area (Å²) in [4.78, 5) is 46.3. The van der Waals surface area contributed by atoms with Crippen LogP contribution in [0.1, 0.15) is 33.5 Å². The van der Waals surface area contributed by atoms with Gasteiger partial charge in [0.05, 0.1) is 4.92 Å². The van der Waals surface area contributed by atoms with Crippen molar-refractivity contribution in [3.63, 3.8) is 0 Å². The molecule has 4 rings (SSSR count). The number of carbonyl (C=O) groups excluding carboxylic acids is 2. The molecule has 0 atom stereocenters. The summed E-state index contributed by atoms with van der Waals surface area (Å²) in [5.41, 5.74) is 2.64. The molecule has 1 N–H and O–H groups in total. The van der Waals surface area contributed by atoms with Crippen molar-refractivity contribution in [3.05, 3.63) is 85.3 Å². The molecule has 0 bridgehead atoms. The van der Waals surface area contributed by atoms with Crippen LogP contribution >= 0.6 is 0 Å². The Bertz CT molecular complexity index is 1260. The highest BCUT2D eigenvalue weighted by Gasteiger charge is 2.17. The van der Waals surface area contributed by atoms with Gasteiger partial charge in [-0.2, -0.15) is 0 Å². The number of carbonyl (C=O) groups is 2. The number of nitro groups is 1. The van der Waals surface area contributed by atoms with Crippen LogP contribution in [0.2, 0.25) is 0 Å².